The maximum Gasteiger partial charge on any atom is 0.308 e. The summed E-state index contributed by atoms with van der Waals surface area (Å²) in [6, 6.07) is 0. The molecule has 1 aliphatic heterocycles. The lowest BCUT2D eigenvalue weighted by Gasteiger charge is -2.15. The monoisotopic (exact) mass is 320 g/mol. The van der Waals surface area contributed by atoms with E-state index in [1.807, 2.05) is 13.8 Å². The van der Waals surface area contributed by atoms with Crippen molar-refractivity contribution in [2.24, 2.45) is 0 Å². The number of hydrogen-bond donors (Lipinski definition) is 1. The third-order valence-electron chi connectivity index (χ3n) is 3.93. The molecule has 1 N–H and O–H groups in total. The zero-order valence-corrected chi connectivity index (χ0v) is 13.4. The van der Waals surface area contributed by atoms with Crippen LogP contribution in [0.3, 0.4) is 0 Å². The Morgan fingerprint density at radius 2 is 2.00 bits per heavy atom. The van der Waals surface area contributed by atoms with Crippen molar-refractivity contribution in [1.82, 2.24) is 19.4 Å². The molecule has 2 aromatic rings. The molecule has 0 radical (unpaired) electrons. The number of amides is 1. The molecular weight excluding hydrogens is 304 g/mol. The van der Waals surface area contributed by atoms with Gasteiger partial charge < -0.3 is 9.88 Å². The average Bonchev–Trinajstić information content (AvgIpc) is 2.96. The Bertz CT molecular complexity index is 877. The first-order chi connectivity index (χ1) is 10.4. The highest BCUT2D eigenvalue weighted by Gasteiger charge is 2.27. The molecule has 1 amide bonds. The molecule has 22 heavy (non-hydrogen) atoms. The summed E-state index contributed by atoms with van der Waals surface area (Å²) >= 11 is 1.14. The van der Waals surface area contributed by atoms with E-state index in [4.69, 9.17) is 0 Å². The number of nitrogens with zero attached hydrogens (tertiary/aromatic N) is 3. The first-order valence-corrected chi connectivity index (χ1v) is 7.71. The van der Waals surface area contributed by atoms with Crippen LogP contribution in [0, 0.1) is 20.8 Å². The number of aryl methyl sites for hydroxylation is 2. The van der Waals surface area contributed by atoms with Crippen molar-refractivity contribution in [2.45, 2.75) is 40.4 Å². The third-order valence-corrected chi connectivity index (χ3v) is 4.93. The molecule has 0 aliphatic carbocycles. The molecule has 0 fully saturated rings. The number of carbonyl (C=O) groups is 1. The summed E-state index contributed by atoms with van der Waals surface area (Å²) in [5, 5.41) is 0. The second kappa shape index (κ2) is 5.20. The number of hydrogen-bond acceptors (Lipinski definition) is 5. The minimum absolute atomic E-state index is 0.000117. The molecule has 8 heteroatoms. The van der Waals surface area contributed by atoms with Crippen LogP contribution in [0.15, 0.2) is 9.59 Å². The van der Waals surface area contributed by atoms with Gasteiger partial charge in [-0.25, -0.2) is 4.98 Å². The fraction of sp³-hybridized carbons (Fsp3) is 0.429. The van der Waals surface area contributed by atoms with Crippen LogP contribution < -0.4 is 10.4 Å². The quantitative estimate of drug-likeness (QED) is 0.871. The van der Waals surface area contributed by atoms with Gasteiger partial charge >= 0.3 is 4.87 Å². The van der Waals surface area contributed by atoms with Crippen LogP contribution in [0.4, 0.5) is 0 Å². The van der Waals surface area contributed by atoms with Crippen molar-refractivity contribution < 1.29 is 4.79 Å². The van der Waals surface area contributed by atoms with Crippen LogP contribution in [0.5, 0.6) is 0 Å². The number of carbonyl (C=O) groups excluding carboxylic acids is 1. The number of H-pyrrole nitrogens is 1. The summed E-state index contributed by atoms with van der Waals surface area (Å²) < 4.78 is 1.48. The summed E-state index contributed by atoms with van der Waals surface area (Å²) in [6.45, 7) is 5.96. The van der Waals surface area contributed by atoms with Gasteiger partial charge in [-0.1, -0.05) is 11.3 Å². The maximum absolute atomic E-state index is 12.4. The second-order valence-corrected chi connectivity index (χ2v) is 6.59. The van der Waals surface area contributed by atoms with Crippen molar-refractivity contribution in [3.63, 3.8) is 0 Å². The maximum atomic E-state index is 12.4. The molecule has 0 aromatic carbocycles. The van der Waals surface area contributed by atoms with E-state index < -0.39 is 0 Å². The van der Waals surface area contributed by atoms with Crippen LogP contribution in [-0.2, 0) is 24.4 Å². The number of thiazole rings is 1. The molecule has 0 bridgehead atoms. The molecular formula is C14H16N4O3S. The van der Waals surface area contributed by atoms with Crippen molar-refractivity contribution in [1.29, 1.82) is 0 Å². The Kier molecular flexibility index (Phi) is 3.48. The van der Waals surface area contributed by atoms with Gasteiger partial charge in [0.2, 0.25) is 5.91 Å². The van der Waals surface area contributed by atoms with E-state index in [1.165, 1.54) is 4.57 Å². The van der Waals surface area contributed by atoms with Crippen molar-refractivity contribution >= 4 is 17.2 Å². The van der Waals surface area contributed by atoms with Gasteiger partial charge in [0, 0.05) is 10.6 Å². The molecule has 3 heterocycles. The first kappa shape index (κ1) is 14.7. The van der Waals surface area contributed by atoms with Gasteiger partial charge in [-0.3, -0.25) is 19.0 Å². The van der Waals surface area contributed by atoms with Crippen molar-refractivity contribution in [2.75, 3.05) is 0 Å². The Hall–Kier alpha value is -2.22. The fourth-order valence-electron chi connectivity index (χ4n) is 2.57. The van der Waals surface area contributed by atoms with Gasteiger partial charge in [0.1, 0.15) is 12.4 Å². The number of nitrogens with one attached hydrogen (secondary N) is 1. The Balaban J connectivity index is 1.82. The summed E-state index contributed by atoms with van der Waals surface area (Å²) in [4.78, 5) is 45.4. The topological polar surface area (TPSA) is 88.1 Å². The fourth-order valence-corrected chi connectivity index (χ4v) is 3.40. The molecule has 0 saturated carbocycles. The number of aromatic nitrogens is 3. The number of rotatable bonds is 2. The van der Waals surface area contributed by atoms with Gasteiger partial charge in [-0.05, 0) is 20.8 Å². The molecule has 116 valence electrons. The predicted molar refractivity (Wildman–Crippen MR) is 81.9 cm³/mol. The van der Waals surface area contributed by atoms with E-state index in [0.717, 1.165) is 21.9 Å². The standard InChI is InChI=1S/C14H16N4O3S/c1-7-8(2)22-14(21)18(7)6-12(19)17-4-10-11(5-17)15-9(3)16-13(10)20/h4-6H2,1-3H3,(H,15,16,20). The highest BCUT2D eigenvalue weighted by Crippen LogP contribution is 2.18. The zero-order chi connectivity index (χ0) is 16.0. The molecule has 0 atom stereocenters. The average molecular weight is 320 g/mol. The molecule has 2 aromatic heterocycles. The molecule has 0 spiro atoms. The summed E-state index contributed by atoms with van der Waals surface area (Å²) in [5.74, 6) is 0.358. The molecule has 1 aliphatic rings. The normalized spacial score (nSPS) is 13.5. The van der Waals surface area contributed by atoms with E-state index >= 15 is 0 Å². The highest BCUT2D eigenvalue weighted by molar-refractivity contribution is 7.09. The van der Waals surface area contributed by atoms with Gasteiger partial charge in [0.15, 0.2) is 0 Å². The minimum atomic E-state index is -0.197. The molecule has 0 saturated heterocycles. The van der Waals surface area contributed by atoms with Crippen LogP contribution in [0.1, 0.15) is 27.7 Å². The van der Waals surface area contributed by atoms with E-state index in [2.05, 4.69) is 9.97 Å². The molecule has 3 rings (SSSR count). The van der Waals surface area contributed by atoms with Crippen molar-refractivity contribution in [3.05, 3.63) is 47.7 Å². The Labute approximate surface area is 130 Å². The van der Waals surface area contributed by atoms with Gasteiger partial charge in [0.05, 0.1) is 24.3 Å². The van der Waals surface area contributed by atoms with E-state index in [1.54, 1.807) is 11.8 Å². The van der Waals surface area contributed by atoms with Crippen LogP contribution >= 0.6 is 11.3 Å². The lowest BCUT2D eigenvalue weighted by atomic mass is 10.3. The minimum Gasteiger partial charge on any atom is -0.331 e. The smallest absolute Gasteiger partial charge is 0.308 e. The predicted octanol–water partition coefficient (Wildman–Crippen LogP) is 0.461. The summed E-state index contributed by atoms with van der Waals surface area (Å²) in [6.07, 6.45) is 0. The Morgan fingerprint density at radius 3 is 2.64 bits per heavy atom. The van der Waals surface area contributed by atoms with E-state index in [9.17, 15) is 14.4 Å². The SMILES string of the molecule is Cc1nc2c(c(=O)[nH]1)CN(C(=O)Cn1c(C)c(C)sc1=O)C2. The molecule has 7 nitrogen and oxygen atoms in total. The van der Waals surface area contributed by atoms with Crippen molar-refractivity contribution in [3.8, 4) is 0 Å². The first-order valence-electron chi connectivity index (χ1n) is 6.90. The lowest BCUT2D eigenvalue weighted by molar-refractivity contribution is -0.132. The highest BCUT2D eigenvalue weighted by atomic mass is 32.1. The summed E-state index contributed by atoms with van der Waals surface area (Å²) in [7, 11) is 0. The third kappa shape index (κ3) is 2.39. The zero-order valence-electron chi connectivity index (χ0n) is 12.6. The van der Waals surface area contributed by atoms with E-state index in [-0.39, 0.29) is 29.4 Å². The largest absolute Gasteiger partial charge is 0.331 e. The molecule has 0 unspecified atom stereocenters. The van der Waals surface area contributed by atoms with Gasteiger partial charge in [-0.2, -0.15) is 0 Å². The van der Waals surface area contributed by atoms with Crippen LogP contribution in [0.25, 0.3) is 0 Å². The second-order valence-electron chi connectivity index (χ2n) is 5.42. The lowest BCUT2D eigenvalue weighted by Crippen LogP contribution is -2.32. The van der Waals surface area contributed by atoms with Gasteiger partial charge in [0.25, 0.3) is 5.56 Å². The van der Waals surface area contributed by atoms with Crippen LogP contribution in [-0.4, -0.2) is 25.3 Å². The van der Waals surface area contributed by atoms with Crippen LogP contribution in [0.2, 0.25) is 0 Å². The number of fused-ring (bicyclic) bond motifs is 1. The van der Waals surface area contributed by atoms with E-state index in [0.29, 0.717) is 23.6 Å². The Morgan fingerprint density at radius 1 is 1.27 bits per heavy atom. The summed E-state index contributed by atoms with van der Waals surface area (Å²) in [5.41, 5.74) is 1.79. The number of aromatic amines is 1. The van der Waals surface area contributed by atoms with Gasteiger partial charge in [-0.15, -0.1) is 0 Å².